The molecule has 1 unspecified atom stereocenters. The lowest BCUT2D eigenvalue weighted by atomic mass is 10.2. The van der Waals surface area contributed by atoms with Crippen LogP contribution in [0.1, 0.15) is 12.5 Å². The van der Waals surface area contributed by atoms with Crippen LogP contribution in [0, 0.1) is 0 Å². The van der Waals surface area contributed by atoms with Crippen LogP contribution < -0.4 is 10.9 Å². The Morgan fingerprint density at radius 1 is 1.44 bits per heavy atom. The molecule has 4 rings (SSSR count). The number of halogens is 2. The first-order valence-electron chi connectivity index (χ1n) is 7.37. The summed E-state index contributed by atoms with van der Waals surface area (Å²) in [5.74, 6) is 0.348. The van der Waals surface area contributed by atoms with Crippen molar-refractivity contribution in [2.45, 2.75) is 17.6 Å². The molecule has 2 aromatic heterocycles. The quantitative estimate of drug-likeness (QED) is 0.664. The number of nitrogens with zero attached hydrogens (tertiary/aromatic N) is 3. The minimum absolute atomic E-state index is 0.133. The van der Waals surface area contributed by atoms with Gasteiger partial charge >= 0.3 is 0 Å². The van der Waals surface area contributed by atoms with Crippen molar-refractivity contribution in [3.05, 3.63) is 44.8 Å². The molecule has 1 aliphatic rings. The normalized spacial score (nSPS) is 16.2. The largest absolute Gasteiger partial charge is 0.325 e. The number of hydrogen-bond acceptors (Lipinski definition) is 5. The zero-order chi connectivity index (χ0) is 17.6. The maximum absolute atomic E-state index is 12.6. The number of carbonyl (C=O) groups is 1. The molecular formula is C15H11Cl2N5O2S. The Hall–Kier alpha value is -2.03. The number of anilines is 1. The van der Waals surface area contributed by atoms with Crippen molar-refractivity contribution in [3.63, 3.8) is 0 Å². The molecule has 2 N–H and O–H groups in total. The highest BCUT2D eigenvalue weighted by molar-refractivity contribution is 7.99. The SMILES string of the molecule is O=C(CC1CSc2nc3[nH]ncc3c(=O)n21)Nc1cccc(Cl)c1Cl. The van der Waals surface area contributed by atoms with Crippen molar-refractivity contribution in [2.75, 3.05) is 11.1 Å². The van der Waals surface area contributed by atoms with Gasteiger partial charge in [-0.15, -0.1) is 0 Å². The fourth-order valence-corrected chi connectivity index (χ4v) is 4.21. The van der Waals surface area contributed by atoms with E-state index in [1.54, 1.807) is 22.8 Å². The average Bonchev–Trinajstić information content (AvgIpc) is 3.20. The van der Waals surface area contributed by atoms with E-state index in [9.17, 15) is 9.59 Å². The van der Waals surface area contributed by atoms with E-state index >= 15 is 0 Å². The van der Waals surface area contributed by atoms with Crippen LogP contribution >= 0.6 is 35.0 Å². The summed E-state index contributed by atoms with van der Waals surface area (Å²) in [5.41, 5.74) is 0.706. The van der Waals surface area contributed by atoms with Gasteiger partial charge in [0.25, 0.3) is 5.56 Å². The molecule has 0 saturated carbocycles. The zero-order valence-electron chi connectivity index (χ0n) is 12.6. The van der Waals surface area contributed by atoms with E-state index in [0.29, 0.717) is 32.7 Å². The first-order chi connectivity index (χ1) is 12.0. The van der Waals surface area contributed by atoms with E-state index in [0.717, 1.165) is 0 Å². The van der Waals surface area contributed by atoms with Gasteiger partial charge in [0.15, 0.2) is 10.8 Å². The summed E-state index contributed by atoms with van der Waals surface area (Å²) in [4.78, 5) is 29.4. The molecule has 1 aromatic carbocycles. The minimum atomic E-state index is -0.280. The summed E-state index contributed by atoms with van der Waals surface area (Å²) < 4.78 is 1.56. The third-order valence-corrected chi connectivity index (χ3v) is 5.82. The number of nitrogens with one attached hydrogen (secondary N) is 2. The van der Waals surface area contributed by atoms with Gasteiger partial charge in [0.1, 0.15) is 5.39 Å². The fraction of sp³-hybridized carbons (Fsp3) is 0.200. The Kier molecular flexibility index (Phi) is 4.18. The van der Waals surface area contributed by atoms with Gasteiger partial charge in [0.05, 0.1) is 28.0 Å². The van der Waals surface area contributed by atoms with Gasteiger partial charge in [-0.05, 0) is 12.1 Å². The number of aromatic amines is 1. The van der Waals surface area contributed by atoms with Crippen LogP contribution in [0.2, 0.25) is 10.0 Å². The molecule has 3 aromatic rings. The molecule has 0 spiro atoms. The molecule has 3 heterocycles. The zero-order valence-corrected chi connectivity index (χ0v) is 15.0. The molecule has 1 amide bonds. The monoisotopic (exact) mass is 395 g/mol. The number of fused-ring (bicyclic) bond motifs is 2. The number of rotatable bonds is 3. The third-order valence-electron chi connectivity index (χ3n) is 3.90. The third kappa shape index (κ3) is 2.90. The molecule has 0 fully saturated rings. The number of thioether (sulfide) groups is 1. The lowest BCUT2D eigenvalue weighted by Gasteiger charge is -2.14. The van der Waals surface area contributed by atoms with E-state index in [-0.39, 0.29) is 29.0 Å². The molecule has 25 heavy (non-hydrogen) atoms. The summed E-state index contributed by atoms with van der Waals surface area (Å²) in [6, 6.07) is 4.74. The molecule has 128 valence electrons. The lowest BCUT2D eigenvalue weighted by molar-refractivity contribution is -0.116. The Bertz CT molecular complexity index is 1050. The Morgan fingerprint density at radius 2 is 2.28 bits per heavy atom. The molecule has 7 nitrogen and oxygen atoms in total. The van der Waals surface area contributed by atoms with Gasteiger partial charge < -0.3 is 5.32 Å². The van der Waals surface area contributed by atoms with Crippen molar-refractivity contribution >= 4 is 57.6 Å². The van der Waals surface area contributed by atoms with Gasteiger partial charge in [-0.3, -0.25) is 19.3 Å². The lowest BCUT2D eigenvalue weighted by Crippen LogP contribution is -2.27. The van der Waals surface area contributed by atoms with Crippen LogP contribution in [0.5, 0.6) is 0 Å². The molecule has 10 heteroatoms. The molecule has 0 aliphatic carbocycles. The summed E-state index contributed by atoms with van der Waals surface area (Å²) in [6.45, 7) is 0. The summed E-state index contributed by atoms with van der Waals surface area (Å²) >= 11 is 13.5. The van der Waals surface area contributed by atoms with Gasteiger partial charge in [-0.2, -0.15) is 5.10 Å². The van der Waals surface area contributed by atoms with Crippen LogP contribution in [0.4, 0.5) is 5.69 Å². The maximum atomic E-state index is 12.6. The summed E-state index contributed by atoms with van der Waals surface area (Å²) in [7, 11) is 0. The Balaban J connectivity index is 1.58. The van der Waals surface area contributed by atoms with Crippen molar-refractivity contribution < 1.29 is 4.79 Å². The van der Waals surface area contributed by atoms with E-state index < -0.39 is 0 Å². The highest BCUT2D eigenvalue weighted by atomic mass is 35.5. The van der Waals surface area contributed by atoms with Gasteiger partial charge in [0, 0.05) is 12.2 Å². The Morgan fingerprint density at radius 3 is 3.12 bits per heavy atom. The fourth-order valence-electron chi connectivity index (χ4n) is 2.72. The second-order valence-electron chi connectivity index (χ2n) is 5.52. The van der Waals surface area contributed by atoms with Gasteiger partial charge in [0.2, 0.25) is 5.91 Å². The molecule has 1 aliphatic heterocycles. The highest BCUT2D eigenvalue weighted by Gasteiger charge is 2.29. The number of hydrogen-bond donors (Lipinski definition) is 2. The first-order valence-corrected chi connectivity index (χ1v) is 9.11. The topological polar surface area (TPSA) is 92.7 Å². The van der Waals surface area contributed by atoms with E-state index in [1.807, 2.05) is 0 Å². The molecular weight excluding hydrogens is 385 g/mol. The van der Waals surface area contributed by atoms with Crippen molar-refractivity contribution in [3.8, 4) is 0 Å². The van der Waals surface area contributed by atoms with Gasteiger partial charge in [-0.1, -0.05) is 41.0 Å². The second kappa shape index (κ2) is 6.36. The molecule has 0 radical (unpaired) electrons. The van der Waals surface area contributed by atoms with Crippen molar-refractivity contribution in [1.29, 1.82) is 0 Å². The second-order valence-corrected chi connectivity index (χ2v) is 7.29. The van der Waals surface area contributed by atoms with E-state index in [2.05, 4.69) is 20.5 Å². The van der Waals surface area contributed by atoms with Crippen molar-refractivity contribution in [2.24, 2.45) is 0 Å². The van der Waals surface area contributed by atoms with Crippen LogP contribution in [-0.4, -0.2) is 31.4 Å². The number of benzene rings is 1. The van der Waals surface area contributed by atoms with Crippen LogP contribution in [0.3, 0.4) is 0 Å². The predicted molar refractivity (Wildman–Crippen MR) is 97.6 cm³/mol. The smallest absolute Gasteiger partial charge is 0.265 e. The van der Waals surface area contributed by atoms with E-state index in [1.165, 1.54) is 18.0 Å². The first kappa shape index (κ1) is 16.4. The summed E-state index contributed by atoms with van der Waals surface area (Å²) in [5, 5.41) is 10.9. The number of amides is 1. The number of carbonyl (C=O) groups excluding carboxylic acids is 1. The molecule has 0 saturated heterocycles. The van der Waals surface area contributed by atoms with E-state index in [4.69, 9.17) is 23.2 Å². The van der Waals surface area contributed by atoms with Crippen molar-refractivity contribution in [1.82, 2.24) is 19.7 Å². The molecule has 1 atom stereocenters. The van der Waals surface area contributed by atoms with Crippen LogP contribution in [0.15, 0.2) is 34.3 Å². The number of aromatic nitrogens is 4. The summed E-state index contributed by atoms with van der Waals surface area (Å²) in [6.07, 6.45) is 1.58. The standard InChI is InChI=1S/C15H11Cl2N5O2S/c16-9-2-1-3-10(12(9)17)19-11(23)4-7-6-25-15-20-13-8(5-18-21-13)14(24)22(7)15/h1-3,5,7H,4,6H2,(H,18,21)(H,19,23). The average molecular weight is 396 g/mol. The van der Waals surface area contributed by atoms with Gasteiger partial charge in [-0.25, -0.2) is 4.98 Å². The molecule has 0 bridgehead atoms. The highest BCUT2D eigenvalue weighted by Crippen LogP contribution is 2.34. The van der Waals surface area contributed by atoms with Crippen LogP contribution in [0.25, 0.3) is 11.0 Å². The Labute approximate surface area is 155 Å². The van der Waals surface area contributed by atoms with Crippen LogP contribution in [-0.2, 0) is 4.79 Å². The number of H-pyrrole nitrogens is 1. The predicted octanol–water partition coefficient (Wildman–Crippen LogP) is 3.10. The minimum Gasteiger partial charge on any atom is -0.325 e. The maximum Gasteiger partial charge on any atom is 0.265 e.